The van der Waals surface area contributed by atoms with Crippen LogP contribution in [-0.4, -0.2) is 10.9 Å². The van der Waals surface area contributed by atoms with E-state index in [1.807, 2.05) is 32.0 Å². The first-order valence-electron chi connectivity index (χ1n) is 6.36. The Bertz CT molecular complexity index is 757. The fourth-order valence-electron chi connectivity index (χ4n) is 2.04. The van der Waals surface area contributed by atoms with Gasteiger partial charge >= 0.3 is 0 Å². The van der Waals surface area contributed by atoms with Crippen molar-refractivity contribution in [2.45, 2.75) is 13.8 Å². The van der Waals surface area contributed by atoms with Crippen molar-refractivity contribution in [2.75, 3.05) is 5.32 Å². The maximum absolute atomic E-state index is 12.2. The summed E-state index contributed by atoms with van der Waals surface area (Å²) in [7, 11) is 0. The summed E-state index contributed by atoms with van der Waals surface area (Å²) in [6, 6.07) is 11.1. The summed E-state index contributed by atoms with van der Waals surface area (Å²) in [6.45, 7) is 3.94. The molecule has 20 heavy (non-hydrogen) atoms. The van der Waals surface area contributed by atoms with Gasteiger partial charge in [-0.2, -0.15) is 0 Å². The minimum absolute atomic E-state index is 0.264. The van der Waals surface area contributed by atoms with E-state index in [-0.39, 0.29) is 11.7 Å². The number of aryl methyl sites for hydroxylation is 2. The molecule has 0 aliphatic carbocycles. The van der Waals surface area contributed by atoms with Crippen molar-refractivity contribution in [1.82, 2.24) is 4.98 Å². The highest BCUT2D eigenvalue weighted by Crippen LogP contribution is 2.20. The minimum Gasteiger partial charge on any atom is -0.449 e. The third-order valence-electron chi connectivity index (χ3n) is 3.15. The molecule has 100 valence electrons. The van der Waals surface area contributed by atoms with Gasteiger partial charge in [0.1, 0.15) is 5.52 Å². The number of nitrogens with zero attached hydrogens (tertiary/aromatic N) is 1. The Kier molecular flexibility index (Phi) is 2.99. The molecule has 3 aromatic rings. The van der Waals surface area contributed by atoms with E-state index in [2.05, 4.69) is 10.3 Å². The molecule has 0 fully saturated rings. The number of carbonyl (C=O) groups excluding carboxylic acids is 1. The maximum Gasteiger partial charge on any atom is 0.291 e. The lowest BCUT2D eigenvalue weighted by atomic mass is 10.1. The number of carbonyl (C=O) groups is 1. The first-order valence-corrected chi connectivity index (χ1v) is 6.36. The zero-order chi connectivity index (χ0) is 14.1. The van der Waals surface area contributed by atoms with Crippen LogP contribution in [0.2, 0.25) is 0 Å². The number of fused-ring (bicyclic) bond motifs is 1. The molecule has 1 amide bonds. The smallest absolute Gasteiger partial charge is 0.291 e. The molecule has 0 spiro atoms. The largest absolute Gasteiger partial charge is 0.449 e. The fourth-order valence-corrected chi connectivity index (χ4v) is 2.04. The van der Waals surface area contributed by atoms with Gasteiger partial charge in [0.2, 0.25) is 0 Å². The van der Waals surface area contributed by atoms with Crippen LogP contribution in [-0.2, 0) is 0 Å². The van der Waals surface area contributed by atoms with Crippen LogP contribution < -0.4 is 5.32 Å². The molecule has 0 saturated carbocycles. The molecule has 0 radical (unpaired) electrons. The average Bonchev–Trinajstić information content (AvgIpc) is 2.87. The molecular weight excluding hydrogens is 252 g/mol. The van der Waals surface area contributed by atoms with Gasteiger partial charge < -0.3 is 9.73 Å². The summed E-state index contributed by atoms with van der Waals surface area (Å²) in [4.78, 5) is 16.4. The van der Waals surface area contributed by atoms with E-state index < -0.39 is 0 Å². The van der Waals surface area contributed by atoms with Crippen LogP contribution in [0.3, 0.4) is 0 Å². The third-order valence-corrected chi connectivity index (χ3v) is 3.15. The van der Waals surface area contributed by atoms with Crippen molar-refractivity contribution in [1.29, 1.82) is 0 Å². The Morgan fingerprint density at radius 3 is 2.85 bits per heavy atom. The Labute approximate surface area is 116 Å². The van der Waals surface area contributed by atoms with Gasteiger partial charge in [-0.3, -0.25) is 9.78 Å². The highest BCUT2D eigenvalue weighted by Gasteiger charge is 2.13. The lowest BCUT2D eigenvalue weighted by molar-refractivity contribution is 0.0998. The molecule has 0 aliphatic rings. The number of hydrogen-bond donors (Lipinski definition) is 1. The van der Waals surface area contributed by atoms with E-state index in [1.165, 1.54) is 0 Å². The monoisotopic (exact) mass is 266 g/mol. The van der Waals surface area contributed by atoms with Crippen molar-refractivity contribution in [3.05, 3.63) is 59.5 Å². The van der Waals surface area contributed by atoms with Gasteiger partial charge in [0.05, 0.1) is 0 Å². The molecule has 0 atom stereocenters. The van der Waals surface area contributed by atoms with Crippen LogP contribution >= 0.6 is 0 Å². The first-order chi connectivity index (χ1) is 9.63. The van der Waals surface area contributed by atoms with Crippen molar-refractivity contribution in [2.24, 2.45) is 0 Å². The van der Waals surface area contributed by atoms with Crippen molar-refractivity contribution in [3.63, 3.8) is 0 Å². The van der Waals surface area contributed by atoms with Crippen LogP contribution in [0, 0.1) is 13.8 Å². The van der Waals surface area contributed by atoms with Crippen LogP contribution in [0.25, 0.3) is 11.1 Å². The van der Waals surface area contributed by atoms with Crippen LogP contribution in [0.1, 0.15) is 21.7 Å². The maximum atomic E-state index is 12.2. The van der Waals surface area contributed by atoms with Gasteiger partial charge in [0, 0.05) is 18.0 Å². The molecule has 4 nitrogen and oxygen atoms in total. The highest BCUT2D eigenvalue weighted by atomic mass is 16.3. The molecule has 0 unspecified atom stereocenters. The zero-order valence-electron chi connectivity index (χ0n) is 11.3. The second kappa shape index (κ2) is 4.81. The van der Waals surface area contributed by atoms with E-state index in [4.69, 9.17) is 4.42 Å². The summed E-state index contributed by atoms with van der Waals surface area (Å²) in [5.74, 6) is -0.00342. The number of aromatic nitrogens is 1. The van der Waals surface area contributed by atoms with E-state index in [1.54, 1.807) is 24.4 Å². The van der Waals surface area contributed by atoms with Crippen molar-refractivity contribution >= 4 is 22.7 Å². The van der Waals surface area contributed by atoms with Crippen molar-refractivity contribution in [3.8, 4) is 0 Å². The normalized spacial score (nSPS) is 10.7. The molecule has 2 heterocycles. The van der Waals surface area contributed by atoms with Gasteiger partial charge in [0.15, 0.2) is 11.3 Å². The molecule has 0 aliphatic heterocycles. The van der Waals surface area contributed by atoms with Gasteiger partial charge in [-0.05, 0) is 43.2 Å². The van der Waals surface area contributed by atoms with Crippen LogP contribution in [0.5, 0.6) is 0 Å². The van der Waals surface area contributed by atoms with E-state index in [0.29, 0.717) is 11.1 Å². The second-order valence-corrected chi connectivity index (χ2v) is 4.77. The number of hydrogen-bond acceptors (Lipinski definition) is 3. The molecule has 0 saturated heterocycles. The molecule has 3 rings (SSSR count). The molecule has 2 aromatic heterocycles. The number of rotatable bonds is 2. The SMILES string of the molecule is Cc1ccc(C)c(NC(=O)c2cc3ncccc3o2)c1. The Morgan fingerprint density at radius 2 is 2.05 bits per heavy atom. The van der Waals surface area contributed by atoms with E-state index in [0.717, 1.165) is 16.8 Å². The second-order valence-electron chi connectivity index (χ2n) is 4.77. The number of pyridine rings is 1. The summed E-state index contributed by atoms with van der Waals surface area (Å²) in [6.07, 6.45) is 1.67. The molecule has 1 aromatic carbocycles. The number of nitrogens with one attached hydrogen (secondary N) is 1. The Hall–Kier alpha value is -2.62. The van der Waals surface area contributed by atoms with Gasteiger partial charge in [-0.25, -0.2) is 0 Å². The summed E-state index contributed by atoms with van der Waals surface area (Å²) in [5.41, 5.74) is 4.19. The molecule has 1 N–H and O–H groups in total. The molecule has 4 heteroatoms. The third kappa shape index (κ3) is 2.28. The predicted octanol–water partition coefficient (Wildman–Crippen LogP) is 3.70. The number of amides is 1. The average molecular weight is 266 g/mol. The van der Waals surface area contributed by atoms with Crippen LogP contribution in [0.15, 0.2) is 47.0 Å². The summed E-state index contributed by atoms with van der Waals surface area (Å²) < 4.78 is 5.50. The van der Waals surface area contributed by atoms with E-state index >= 15 is 0 Å². The minimum atomic E-state index is -0.267. The van der Waals surface area contributed by atoms with Gasteiger partial charge in [-0.1, -0.05) is 12.1 Å². The Balaban J connectivity index is 1.90. The first kappa shape index (κ1) is 12.4. The van der Waals surface area contributed by atoms with Gasteiger partial charge in [0.25, 0.3) is 5.91 Å². The number of furan rings is 1. The summed E-state index contributed by atoms with van der Waals surface area (Å²) >= 11 is 0. The zero-order valence-corrected chi connectivity index (χ0v) is 11.3. The highest BCUT2D eigenvalue weighted by molar-refractivity contribution is 6.04. The number of anilines is 1. The van der Waals surface area contributed by atoms with E-state index in [9.17, 15) is 4.79 Å². The predicted molar refractivity (Wildman–Crippen MR) is 77.9 cm³/mol. The molecule has 0 bridgehead atoms. The lowest BCUT2D eigenvalue weighted by Gasteiger charge is -2.07. The molecular formula is C16H14N2O2. The van der Waals surface area contributed by atoms with Crippen LogP contribution in [0.4, 0.5) is 5.69 Å². The fraction of sp³-hybridized carbons (Fsp3) is 0.125. The van der Waals surface area contributed by atoms with Gasteiger partial charge in [-0.15, -0.1) is 0 Å². The Morgan fingerprint density at radius 1 is 1.20 bits per heavy atom. The van der Waals surface area contributed by atoms with Crippen molar-refractivity contribution < 1.29 is 9.21 Å². The number of benzene rings is 1. The summed E-state index contributed by atoms with van der Waals surface area (Å²) in [5, 5.41) is 2.87. The quantitative estimate of drug-likeness (QED) is 0.769. The standard InChI is InChI=1S/C16H14N2O2/c1-10-5-6-11(2)12(8-10)18-16(19)15-9-13-14(20-15)4-3-7-17-13/h3-9H,1-2H3,(H,18,19). The topological polar surface area (TPSA) is 55.1 Å². The lowest BCUT2D eigenvalue weighted by Crippen LogP contribution is -2.11.